The maximum Gasteiger partial charge on any atom is 0.471 e. The van der Waals surface area contributed by atoms with Crippen LogP contribution in [-0.4, -0.2) is 25.6 Å². The molecule has 0 bridgehead atoms. The second-order valence-corrected chi connectivity index (χ2v) is 7.62. The van der Waals surface area contributed by atoms with Gasteiger partial charge in [-0.05, 0) is 29.8 Å². The van der Waals surface area contributed by atoms with E-state index in [0.717, 1.165) is 0 Å². The minimum atomic E-state index is -4.67. The van der Waals surface area contributed by atoms with Crippen molar-refractivity contribution in [1.82, 2.24) is 15.1 Å². The second kappa shape index (κ2) is 6.87. The van der Waals surface area contributed by atoms with Gasteiger partial charge >= 0.3 is 12.1 Å². The molecule has 0 fully saturated rings. The standard InChI is InChI=1S/C16H13F3N4O2S/c1-26(24,14-4-2-3-9-20-14)23-12-7-5-11(6-8-12)10-13-21-15(25-22-13)16(17,18)19/h2-9H,10H2,1H3. The first-order valence-corrected chi connectivity index (χ1v) is 9.28. The van der Waals surface area contributed by atoms with Gasteiger partial charge in [0.25, 0.3) is 0 Å². The van der Waals surface area contributed by atoms with Crippen molar-refractivity contribution in [1.29, 1.82) is 0 Å². The third-order valence-electron chi connectivity index (χ3n) is 3.31. The lowest BCUT2D eigenvalue weighted by atomic mass is 10.1. The monoisotopic (exact) mass is 382 g/mol. The quantitative estimate of drug-likeness (QED) is 0.684. The Labute approximate surface area is 147 Å². The lowest BCUT2D eigenvalue weighted by molar-refractivity contribution is -0.159. The first-order valence-electron chi connectivity index (χ1n) is 7.36. The van der Waals surface area contributed by atoms with Crippen LogP contribution in [0.3, 0.4) is 0 Å². The molecule has 0 saturated carbocycles. The average molecular weight is 382 g/mol. The average Bonchev–Trinajstić information content (AvgIpc) is 3.06. The molecule has 0 radical (unpaired) electrons. The van der Waals surface area contributed by atoms with E-state index in [1.807, 2.05) is 0 Å². The molecular weight excluding hydrogens is 369 g/mol. The molecule has 0 saturated heterocycles. The number of alkyl halides is 3. The lowest BCUT2D eigenvalue weighted by Crippen LogP contribution is -2.05. The highest BCUT2D eigenvalue weighted by Crippen LogP contribution is 2.27. The first-order chi connectivity index (χ1) is 12.2. The van der Waals surface area contributed by atoms with Gasteiger partial charge in [0.2, 0.25) is 0 Å². The maximum atomic E-state index is 12.7. The van der Waals surface area contributed by atoms with Crippen LogP contribution in [0.1, 0.15) is 17.3 Å². The summed E-state index contributed by atoms with van der Waals surface area (Å²) < 4.78 is 58.4. The molecule has 10 heteroatoms. The second-order valence-electron chi connectivity index (χ2n) is 5.42. The number of rotatable bonds is 4. The molecule has 1 atom stereocenters. The normalized spacial score (nSPS) is 14.0. The molecule has 0 amide bonds. The summed E-state index contributed by atoms with van der Waals surface area (Å²) in [4.78, 5) is 7.37. The molecule has 1 aromatic carbocycles. The van der Waals surface area contributed by atoms with Gasteiger partial charge in [-0.3, -0.25) is 0 Å². The Morgan fingerprint density at radius 3 is 2.46 bits per heavy atom. The van der Waals surface area contributed by atoms with Gasteiger partial charge in [0.1, 0.15) is 5.03 Å². The minimum Gasteiger partial charge on any atom is -0.329 e. The van der Waals surface area contributed by atoms with Crippen LogP contribution < -0.4 is 0 Å². The van der Waals surface area contributed by atoms with E-state index in [9.17, 15) is 17.4 Å². The molecule has 0 aliphatic carbocycles. The van der Waals surface area contributed by atoms with E-state index in [1.165, 1.54) is 12.5 Å². The maximum absolute atomic E-state index is 12.7. The van der Waals surface area contributed by atoms with Crippen LogP contribution >= 0.6 is 0 Å². The third kappa shape index (κ3) is 4.26. The fourth-order valence-electron chi connectivity index (χ4n) is 2.12. The van der Waals surface area contributed by atoms with Crippen LogP contribution in [0.4, 0.5) is 18.9 Å². The summed E-state index contributed by atoms with van der Waals surface area (Å²) >= 11 is 0. The molecule has 6 nitrogen and oxygen atoms in total. The fraction of sp³-hybridized carbons (Fsp3) is 0.188. The number of benzene rings is 1. The lowest BCUT2D eigenvalue weighted by Gasteiger charge is -2.04. The topological polar surface area (TPSA) is 81.2 Å². The molecule has 1 unspecified atom stereocenters. The van der Waals surface area contributed by atoms with Gasteiger partial charge in [-0.15, -0.1) is 0 Å². The Morgan fingerprint density at radius 1 is 1.15 bits per heavy atom. The van der Waals surface area contributed by atoms with Gasteiger partial charge in [0.15, 0.2) is 5.82 Å². The van der Waals surface area contributed by atoms with Crippen molar-refractivity contribution in [3.63, 3.8) is 0 Å². The fourth-order valence-corrected chi connectivity index (χ4v) is 3.32. The smallest absolute Gasteiger partial charge is 0.329 e. The van der Waals surface area contributed by atoms with Gasteiger partial charge in [0, 0.05) is 18.9 Å². The van der Waals surface area contributed by atoms with Crippen molar-refractivity contribution in [2.24, 2.45) is 4.36 Å². The number of aromatic nitrogens is 3. The van der Waals surface area contributed by atoms with Crippen molar-refractivity contribution >= 4 is 15.4 Å². The largest absolute Gasteiger partial charge is 0.471 e. The molecule has 2 aromatic heterocycles. The van der Waals surface area contributed by atoms with Crippen molar-refractivity contribution in [3.05, 3.63) is 65.9 Å². The van der Waals surface area contributed by atoms with Crippen LogP contribution in [0.2, 0.25) is 0 Å². The Hall–Kier alpha value is -2.75. The summed E-state index contributed by atoms with van der Waals surface area (Å²) in [5, 5.41) is 3.69. The summed E-state index contributed by atoms with van der Waals surface area (Å²) in [6.07, 6.45) is -1.57. The summed E-state index contributed by atoms with van der Waals surface area (Å²) in [6, 6.07) is 11.6. The van der Waals surface area contributed by atoms with Crippen LogP contribution in [0.15, 0.2) is 62.6 Å². The predicted octanol–water partition coefficient (Wildman–Crippen LogP) is 3.86. The van der Waals surface area contributed by atoms with Gasteiger partial charge in [-0.25, -0.2) is 9.19 Å². The van der Waals surface area contributed by atoms with E-state index in [1.54, 1.807) is 42.5 Å². The van der Waals surface area contributed by atoms with Crippen LogP contribution in [0.25, 0.3) is 0 Å². The molecule has 0 spiro atoms. The summed E-state index contributed by atoms with van der Waals surface area (Å²) in [5.74, 6) is -1.45. The third-order valence-corrected chi connectivity index (χ3v) is 4.89. The number of halogens is 3. The molecule has 136 valence electrons. The zero-order chi connectivity index (χ0) is 18.8. The Kier molecular flexibility index (Phi) is 4.77. The summed E-state index contributed by atoms with van der Waals surface area (Å²) in [5.41, 5.74) is 1.13. The summed E-state index contributed by atoms with van der Waals surface area (Å²) in [7, 11) is -2.70. The molecule has 3 rings (SSSR count). The molecule has 0 aliphatic heterocycles. The molecule has 0 N–H and O–H groups in total. The van der Waals surface area contributed by atoms with Gasteiger partial charge < -0.3 is 4.52 Å². The van der Waals surface area contributed by atoms with Crippen LogP contribution in [0.5, 0.6) is 0 Å². The van der Waals surface area contributed by atoms with E-state index in [0.29, 0.717) is 16.3 Å². The number of pyridine rings is 1. The molecular formula is C16H13F3N4O2S. The first kappa shape index (κ1) is 18.1. The van der Waals surface area contributed by atoms with Gasteiger partial charge in [-0.2, -0.15) is 22.5 Å². The Bertz CT molecular complexity index is 1010. The highest BCUT2D eigenvalue weighted by molar-refractivity contribution is 7.93. The van der Waals surface area contributed by atoms with Gasteiger partial charge in [-0.1, -0.05) is 23.4 Å². The van der Waals surface area contributed by atoms with Crippen molar-refractivity contribution in [2.45, 2.75) is 17.6 Å². The molecule has 26 heavy (non-hydrogen) atoms. The number of nitrogens with zero attached hydrogens (tertiary/aromatic N) is 4. The minimum absolute atomic E-state index is 0.0710. The highest BCUT2D eigenvalue weighted by Gasteiger charge is 2.38. The van der Waals surface area contributed by atoms with E-state index in [-0.39, 0.29) is 12.2 Å². The number of hydrogen-bond acceptors (Lipinski definition) is 6. The van der Waals surface area contributed by atoms with Crippen molar-refractivity contribution in [3.8, 4) is 0 Å². The van der Waals surface area contributed by atoms with E-state index in [2.05, 4.69) is 24.0 Å². The van der Waals surface area contributed by atoms with Gasteiger partial charge in [0.05, 0.1) is 15.4 Å². The zero-order valence-electron chi connectivity index (χ0n) is 13.5. The van der Waals surface area contributed by atoms with Crippen LogP contribution in [-0.2, 0) is 22.3 Å². The van der Waals surface area contributed by atoms with E-state index < -0.39 is 21.8 Å². The SMILES string of the molecule is CS(=O)(=Nc1ccc(Cc2noc(C(F)(F)F)n2)cc1)c1ccccn1. The predicted molar refractivity (Wildman–Crippen MR) is 87.2 cm³/mol. The van der Waals surface area contributed by atoms with Crippen LogP contribution in [0, 0.1) is 0 Å². The van der Waals surface area contributed by atoms with Crippen molar-refractivity contribution < 1.29 is 21.9 Å². The summed E-state index contributed by atoms with van der Waals surface area (Å²) in [6.45, 7) is 0. The van der Waals surface area contributed by atoms with E-state index >= 15 is 0 Å². The number of hydrogen-bond donors (Lipinski definition) is 0. The molecule has 2 heterocycles. The Morgan fingerprint density at radius 2 is 1.88 bits per heavy atom. The molecule has 0 aliphatic rings. The van der Waals surface area contributed by atoms with Crippen molar-refractivity contribution in [2.75, 3.05) is 6.26 Å². The highest BCUT2D eigenvalue weighted by atomic mass is 32.2. The Balaban J connectivity index is 1.78. The molecule has 3 aromatic rings. The zero-order valence-corrected chi connectivity index (χ0v) is 14.3. The van der Waals surface area contributed by atoms with E-state index in [4.69, 9.17) is 0 Å².